The number of hydrogen-bond donors (Lipinski definition) is 1. The van der Waals surface area contributed by atoms with Crippen LogP contribution < -0.4 is 10.2 Å². The molecule has 0 bridgehead atoms. The molecule has 1 N–H and O–H groups in total. The number of benzene rings is 1. The van der Waals surface area contributed by atoms with Gasteiger partial charge in [-0.05, 0) is 55.6 Å². The van der Waals surface area contributed by atoms with Crippen LogP contribution in [0.25, 0.3) is 0 Å². The summed E-state index contributed by atoms with van der Waals surface area (Å²) in [4.78, 5) is 15.7. The van der Waals surface area contributed by atoms with Crippen molar-refractivity contribution in [3.05, 3.63) is 29.3 Å². The predicted molar refractivity (Wildman–Crippen MR) is 87.5 cm³/mol. The van der Waals surface area contributed by atoms with E-state index in [0.29, 0.717) is 0 Å². The second kappa shape index (κ2) is 7.01. The van der Waals surface area contributed by atoms with Crippen LogP contribution in [-0.4, -0.2) is 57.4 Å². The van der Waals surface area contributed by atoms with Gasteiger partial charge >= 0.3 is 6.09 Å². The zero-order valence-electron chi connectivity index (χ0n) is 13.3. The van der Waals surface area contributed by atoms with Crippen molar-refractivity contribution in [2.45, 2.75) is 19.3 Å². The standard InChI is InChI=1S/C17H25N3O2/c1-22-17(21)20-11-9-19(10-12-20)16-5-4-14-6-8-18-7-2-3-15(14)13-16/h4-5,13,18H,2-3,6-12H2,1H3. The molecule has 120 valence electrons. The zero-order valence-corrected chi connectivity index (χ0v) is 13.3. The van der Waals surface area contributed by atoms with Crippen LogP contribution in [0.5, 0.6) is 0 Å². The quantitative estimate of drug-likeness (QED) is 0.857. The minimum Gasteiger partial charge on any atom is -0.453 e. The van der Waals surface area contributed by atoms with Crippen molar-refractivity contribution in [2.24, 2.45) is 0 Å². The van der Waals surface area contributed by atoms with Crippen LogP contribution in [0.4, 0.5) is 10.5 Å². The van der Waals surface area contributed by atoms with Gasteiger partial charge in [-0.15, -0.1) is 0 Å². The highest BCUT2D eigenvalue weighted by Crippen LogP contribution is 2.23. The molecule has 1 amide bonds. The second-order valence-corrected chi connectivity index (χ2v) is 6.00. The summed E-state index contributed by atoms with van der Waals surface area (Å²) in [6.07, 6.45) is 3.25. The Hall–Kier alpha value is -1.75. The number of amides is 1. The maximum absolute atomic E-state index is 11.6. The number of methoxy groups -OCH3 is 1. The van der Waals surface area contributed by atoms with E-state index in [1.54, 1.807) is 4.90 Å². The molecule has 5 nitrogen and oxygen atoms in total. The molecule has 0 aromatic heterocycles. The Balaban J connectivity index is 1.68. The number of rotatable bonds is 1. The van der Waals surface area contributed by atoms with Crippen molar-refractivity contribution in [3.63, 3.8) is 0 Å². The van der Waals surface area contributed by atoms with E-state index in [9.17, 15) is 4.79 Å². The van der Waals surface area contributed by atoms with E-state index in [-0.39, 0.29) is 6.09 Å². The summed E-state index contributed by atoms with van der Waals surface area (Å²) in [7, 11) is 1.44. The Labute approximate surface area is 132 Å². The summed E-state index contributed by atoms with van der Waals surface area (Å²) in [6.45, 7) is 5.39. The van der Waals surface area contributed by atoms with Gasteiger partial charge < -0.3 is 19.9 Å². The molecule has 2 aliphatic heterocycles. The Bertz CT molecular complexity index is 525. The van der Waals surface area contributed by atoms with Crippen LogP contribution in [0.15, 0.2) is 18.2 Å². The molecule has 5 heteroatoms. The van der Waals surface area contributed by atoms with Crippen molar-refractivity contribution in [1.82, 2.24) is 10.2 Å². The monoisotopic (exact) mass is 303 g/mol. The number of piperazine rings is 1. The van der Waals surface area contributed by atoms with Gasteiger partial charge in [0.15, 0.2) is 0 Å². The highest BCUT2D eigenvalue weighted by Gasteiger charge is 2.22. The molecular formula is C17H25N3O2. The topological polar surface area (TPSA) is 44.8 Å². The third-order valence-corrected chi connectivity index (χ3v) is 4.64. The highest BCUT2D eigenvalue weighted by atomic mass is 16.5. The summed E-state index contributed by atoms with van der Waals surface area (Å²) in [5.41, 5.74) is 4.26. The molecular weight excluding hydrogens is 278 g/mol. The minimum absolute atomic E-state index is 0.217. The molecule has 1 aromatic rings. The van der Waals surface area contributed by atoms with E-state index in [1.165, 1.54) is 30.3 Å². The summed E-state index contributed by atoms with van der Waals surface area (Å²) >= 11 is 0. The first kappa shape index (κ1) is 15.2. The number of aryl methyl sites for hydroxylation is 1. The molecule has 1 saturated heterocycles. The van der Waals surface area contributed by atoms with Gasteiger partial charge in [0, 0.05) is 31.9 Å². The first-order valence-corrected chi connectivity index (χ1v) is 8.18. The van der Waals surface area contributed by atoms with Gasteiger partial charge in [0.05, 0.1) is 7.11 Å². The van der Waals surface area contributed by atoms with Crippen LogP contribution >= 0.6 is 0 Å². The van der Waals surface area contributed by atoms with Crippen molar-refractivity contribution >= 4 is 11.8 Å². The van der Waals surface area contributed by atoms with Crippen molar-refractivity contribution in [3.8, 4) is 0 Å². The fourth-order valence-corrected chi connectivity index (χ4v) is 3.31. The average molecular weight is 303 g/mol. The maximum Gasteiger partial charge on any atom is 0.409 e. The number of ether oxygens (including phenoxy) is 1. The summed E-state index contributed by atoms with van der Waals surface area (Å²) in [5.74, 6) is 0. The van der Waals surface area contributed by atoms with E-state index in [0.717, 1.165) is 52.1 Å². The number of nitrogens with one attached hydrogen (secondary N) is 1. The lowest BCUT2D eigenvalue weighted by Gasteiger charge is -2.35. The third kappa shape index (κ3) is 3.35. The molecule has 0 atom stereocenters. The van der Waals surface area contributed by atoms with Gasteiger partial charge in [-0.2, -0.15) is 0 Å². The number of anilines is 1. The molecule has 0 spiro atoms. The maximum atomic E-state index is 11.6. The molecule has 1 aromatic carbocycles. The Kier molecular flexibility index (Phi) is 4.83. The van der Waals surface area contributed by atoms with E-state index in [2.05, 4.69) is 28.4 Å². The van der Waals surface area contributed by atoms with E-state index in [1.807, 2.05) is 0 Å². The molecule has 2 heterocycles. The van der Waals surface area contributed by atoms with Gasteiger partial charge in [0.25, 0.3) is 0 Å². The van der Waals surface area contributed by atoms with Crippen LogP contribution in [0.3, 0.4) is 0 Å². The lowest BCUT2D eigenvalue weighted by molar-refractivity contribution is 0.121. The minimum atomic E-state index is -0.217. The molecule has 22 heavy (non-hydrogen) atoms. The van der Waals surface area contributed by atoms with Gasteiger partial charge in [0.2, 0.25) is 0 Å². The summed E-state index contributed by atoms with van der Waals surface area (Å²) < 4.78 is 4.79. The van der Waals surface area contributed by atoms with Gasteiger partial charge in [0.1, 0.15) is 0 Å². The average Bonchev–Trinajstić information content (AvgIpc) is 2.55. The van der Waals surface area contributed by atoms with Gasteiger partial charge in [-0.1, -0.05) is 6.07 Å². The molecule has 0 aliphatic carbocycles. The summed E-state index contributed by atoms with van der Waals surface area (Å²) in [5, 5.41) is 3.47. The molecule has 0 saturated carbocycles. The predicted octanol–water partition coefficient (Wildman–Crippen LogP) is 1.65. The lowest BCUT2D eigenvalue weighted by atomic mass is 9.97. The largest absolute Gasteiger partial charge is 0.453 e. The number of carbonyl (C=O) groups excluding carboxylic acids is 1. The zero-order chi connectivity index (χ0) is 15.4. The lowest BCUT2D eigenvalue weighted by Crippen LogP contribution is -2.48. The van der Waals surface area contributed by atoms with Gasteiger partial charge in [-0.25, -0.2) is 4.79 Å². The van der Waals surface area contributed by atoms with Gasteiger partial charge in [-0.3, -0.25) is 0 Å². The van der Waals surface area contributed by atoms with Crippen LogP contribution in [0.2, 0.25) is 0 Å². The second-order valence-electron chi connectivity index (χ2n) is 6.00. The highest BCUT2D eigenvalue weighted by molar-refractivity contribution is 5.68. The van der Waals surface area contributed by atoms with Crippen LogP contribution in [0.1, 0.15) is 17.5 Å². The Morgan fingerprint density at radius 1 is 1.09 bits per heavy atom. The van der Waals surface area contributed by atoms with Crippen molar-refractivity contribution < 1.29 is 9.53 Å². The summed E-state index contributed by atoms with van der Waals surface area (Å²) in [6, 6.07) is 6.87. The Morgan fingerprint density at radius 2 is 1.91 bits per heavy atom. The fraction of sp³-hybridized carbons (Fsp3) is 0.588. The Morgan fingerprint density at radius 3 is 2.68 bits per heavy atom. The first-order valence-electron chi connectivity index (χ1n) is 8.18. The fourth-order valence-electron chi connectivity index (χ4n) is 3.31. The van der Waals surface area contributed by atoms with Crippen LogP contribution in [0, 0.1) is 0 Å². The molecule has 1 fully saturated rings. The smallest absolute Gasteiger partial charge is 0.409 e. The number of hydrogen-bond acceptors (Lipinski definition) is 4. The third-order valence-electron chi connectivity index (χ3n) is 4.64. The molecule has 3 rings (SSSR count). The SMILES string of the molecule is COC(=O)N1CCN(c2ccc3c(c2)CCCNCC3)CC1. The molecule has 0 radical (unpaired) electrons. The molecule has 2 aliphatic rings. The molecule has 0 unspecified atom stereocenters. The van der Waals surface area contributed by atoms with Crippen LogP contribution in [-0.2, 0) is 17.6 Å². The van der Waals surface area contributed by atoms with Crippen molar-refractivity contribution in [2.75, 3.05) is 51.3 Å². The number of carbonyl (C=O) groups is 1. The van der Waals surface area contributed by atoms with E-state index < -0.39 is 0 Å². The van der Waals surface area contributed by atoms with E-state index >= 15 is 0 Å². The first-order chi connectivity index (χ1) is 10.8. The van der Waals surface area contributed by atoms with Crippen molar-refractivity contribution in [1.29, 1.82) is 0 Å². The normalized spacial score (nSPS) is 19.1. The number of nitrogens with zero attached hydrogens (tertiary/aromatic N) is 2. The number of fused-ring (bicyclic) bond motifs is 1. The van der Waals surface area contributed by atoms with E-state index in [4.69, 9.17) is 4.74 Å².